The molecule has 1 heterocycles. The van der Waals surface area contributed by atoms with E-state index < -0.39 is 12.0 Å². The number of halogens is 1. The Labute approximate surface area is 97.0 Å². The van der Waals surface area contributed by atoms with E-state index in [4.69, 9.17) is 10.5 Å². The fraction of sp³-hybridized carbons (Fsp3) is 0.400. The minimum Gasteiger partial charge on any atom is -0.465 e. The molecule has 0 aliphatic rings. The summed E-state index contributed by atoms with van der Waals surface area (Å²) in [6, 6.07) is 1.06. The summed E-state index contributed by atoms with van der Waals surface area (Å²) < 4.78 is 5.69. The quantitative estimate of drug-likeness (QED) is 0.851. The van der Waals surface area contributed by atoms with Gasteiger partial charge >= 0.3 is 5.97 Å². The van der Waals surface area contributed by atoms with Gasteiger partial charge in [0.25, 0.3) is 0 Å². The lowest BCUT2D eigenvalue weighted by Crippen LogP contribution is -2.25. The molecule has 0 aliphatic heterocycles. The van der Waals surface area contributed by atoms with Gasteiger partial charge in [0, 0.05) is 10.7 Å². The van der Waals surface area contributed by atoms with E-state index in [0.29, 0.717) is 12.3 Å². The second kappa shape index (κ2) is 5.23. The number of nitrogens with zero attached hydrogens (tertiary/aromatic N) is 1. The van der Waals surface area contributed by atoms with Gasteiger partial charge in [0.15, 0.2) is 0 Å². The van der Waals surface area contributed by atoms with E-state index in [1.165, 1.54) is 0 Å². The van der Waals surface area contributed by atoms with Crippen LogP contribution in [0.15, 0.2) is 16.7 Å². The Morgan fingerprint density at radius 3 is 2.93 bits per heavy atom. The molecule has 4 nitrogen and oxygen atoms in total. The van der Waals surface area contributed by atoms with E-state index >= 15 is 0 Å². The maximum absolute atomic E-state index is 11.4. The molecule has 0 amide bonds. The largest absolute Gasteiger partial charge is 0.465 e. The Hall–Kier alpha value is -0.940. The molecule has 1 aromatic heterocycles. The van der Waals surface area contributed by atoms with Crippen molar-refractivity contribution in [3.63, 3.8) is 0 Å². The Kier molecular flexibility index (Phi) is 4.23. The summed E-state index contributed by atoms with van der Waals surface area (Å²) in [6.45, 7) is 3.92. The zero-order chi connectivity index (χ0) is 11.4. The Morgan fingerprint density at radius 2 is 2.40 bits per heavy atom. The van der Waals surface area contributed by atoms with Crippen LogP contribution in [0.2, 0.25) is 0 Å². The summed E-state index contributed by atoms with van der Waals surface area (Å²) in [7, 11) is 0. The summed E-state index contributed by atoms with van der Waals surface area (Å²) >= 11 is 3.29. The van der Waals surface area contributed by atoms with Crippen molar-refractivity contribution in [1.29, 1.82) is 0 Å². The number of carbonyl (C=O) groups excluding carboxylic acids is 1. The van der Waals surface area contributed by atoms with E-state index in [1.807, 2.05) is 13.0 Å². The zero-order valence-electron chi connectivity index (χ0n) is 8.66. The van der Waals surface area contributed by atoms with Crippen molar-refractivity contribution in [3.05, 3.63) is 28.0 Å². The molecule has 0 radical (unpaired) electrons. The molecular weight excluding hydrogens is 260 g/mol. The van der Waals surface area contributed by atoms with Gasteiger partial charge in [-0.05, 0) is 41.4 Å². The van der Waals surface area contributed by atoms with Crippen LogP contribution in [0.25, 0.3) is 0 Å². The first kappa shape index (κ1) is 12.1. The van der Waals surface area contributed by atoms with Crippen LogP contribution in [0.4, 0.5) is 0 Å². The average Bonchev–Trinajstić information content (AvgIpc) is 2.17. The van der Waals surface area contributed by atoms with Crippen molar-refractivity contribution >= 4 is 21.9 Å². The summed E-state index contributed by atoms with van der Waals surface area (Å²) in [6.07, 6.45) is 1.61. The Balaban J connectivity index is 2.91. The van der Waals surface area contributed by atoms with E-state index in [-0.39, 0.29) is 0 Å². The lowest BCUT2D eigenvalue weighted by atomic mass is 10.1. The van der Waals surface area contributed by atoms with Crippen LogP contribution >= 0.6 is 15.9 Å². The van der Waals surface area contributed by atoms with Crippen molar-refractivity contribution in [3.8, 4) is 0 Å². The molecule has 0 aliphatic carbocycles. The number of carbonyl (C=O) groups is 1. The molecule has 2 N–H and O–H groups in total. The predicted molar refractivity (Wildman–Crippen MR) is 60.2 cm³/mol. The number of aromatic nitrogens is 1. The SMILES string of the molecule is CCOC(=O)C(N)c1ncc(Br)cc1C. The van der Waals surface area contributed by atoms with Crippen molar-refractivity contribution in [1.82, 2.24) is 4.98 Å². The molecule has 0 fully saturated rings. The van der Waals surface area contributed by atoms with Gasteiger partial charge < -0.3 is 10.5 Å². The zero-order valence-corrected chi connectivity index (χ0v) is 10.2. The van der Waals surface area contributed by atoms with E-state index in [0.717, 1.165) is 10.0 Å². The second-order valence-corrected chi connectivity index (χ2v) is 4.00. The normalized spacial score (nSPS) is 12.3. The van der Waals surface area contributed by atoms with E-state index in [2.05, 4.69) is 20.9 Å². The Morgan fingerprint density at radius 1 is 1.73 bits per heavy atom. The van der Waals surface area contributed by atoms with Gasteiger partial charge in [-0.1, -0.05) is 0 Å². The molecule has 1 aromatic rings. The summed E-state index contributed by atoms with van der Waals surface area (Å²) in [4.78, 5) is 15.5. The highest BCUT2D eigenvalue weighted by atomic mass is 79.9. The van der Waals surface area contributed by atoms with E-state index in [1.54, 1.807) is 13.1 Å². The minimum absolute atomic E-state index is 0.322. The second-order valence-electron chi connectivity index (χ2n) is 3.09. The molecule has 1 rings (SSSR count). The minimum atomic E-state index is -0.807. The van der Waals surface area contributed by atoms with Gasteiger partial charge in [-0.15, -0.1) is 0 Å². The van der Waals surface area contributed by atoms with Crippen molar-refractivity contribution in [2.24, 2.45) is 5.73 Å². The highest BCUT2D eigenvalue weighted by molar-refractivity contribution is 9.10. The highest BCUT2D eigenvalue weighted by Gasteiger charge is 2.20. The lowest BCUT2D eigenvalue weighted by Gasteiger charge is -2.12. The van der Waals surface area contributed by atoms with Crippen LogP contribution < -0.4 is 5.73 Å². The number of pyridine rings is 1. The fourth-order valence-electron chi connectivity index (χ4n) is 1.22. The third kappa shape index (κ3) is 3.00. The third-order valence-corrected chi connectivity index (χ3v) is 2.35. The molecule has 1 atom stereocenters. The molecule has 82 valence electrons. The summed E-state index contributed by atoms with van der Waals surface area (Å²) in [5.41, 5.74) is 7.14. The number of rotatable bonds is 3. The maximum atomic E-state index is 11.4. The van der Waals surface area contributed by atoms with Crippen molar-refractivity contribution in [2.45, 2.75) is 19.9 Å². The first-order chi connectivity index (χ1) is 7.06. The van der Waals surface area contributed by atoms with Crippen molar-refractivity contribution < 1.29 is 9.53 Å². The van der Waals surface area contributed by atoms with Crippen LogP contribution in [-0.4, -0.2) is 17.6 Å². The molecule has 0 bridgehead atoms. The fourth-order valence-corrected chi connectivity index (χ4v) is 1.67. The highest BCUT2D eigenvalue weighted by Crippen LogP contribution is 2.18. The third-order valence-electron chi connectivity index (χ3n) is 1.92. The van der Waals surface area contributed by atoms with Gasteiger partial charge in [0.05, 0.1) is 12.3 Å². The van der Waals surface area contributed by atoms with E-state index in [9.17, 15) is 4.79 Å². The van der Waals surface area contributed by atoms with Crippen molar-refractivity contribution in [2.75, 3.05) is 6.61 Å². The molecule has 5 heteroatoms. The van der Waals surface area contributed by atoms with Crippen LogP contribution in [0.1, 0.15) is 24.2 Å². The van der Waals surface area contributed by atoms with Crippen LogP contribution in [-0.2, 0) is 9.53 Å². The molecule has 0 saturated carbocycles. The standard InChI is InChI=1S/C10H13BrN2O2/c1-3-15-10(14)8(12)9-6(2)4-7(11)5-13-9/h4-5,8H,3,12H2,1-2H3. The maximum Gasteiger partial charge on any atom is 0.329 e. The van der Waals surface area contributed by atoms with Gasteiger partial charge in [0.2, 0.25) is 0 Å². The smallest absolute Gasteiger partial charge is 0.329 e. The number of nitrogens with two attached hydrogens (primary N) is 1. The molecule has 1 unspecified atom stereocenters. The number of hydrogen-bond acceptors (Lipinski definition) is 4. The number of ether oxygens (including phenoxy) is 1. The monoisotopic (exact) mass is 272 g/mol. The first-order valence-electron chi connectivity index (χ1n) is 4.60. The van der Waals surface area contributed by atoms with Gasteiger partial charge in [-0.3, -0.25) is 4.98 Å². The molecule has 0 spiro atoms. The lowest BCUT2D eigenvalue weighted by molar-refractivity contribution is -0.144. The number of hydrogen-bond donors (Lipinski definition) is 1. The molecule has 0 aromatic carbocycles. The predicted octanol–water partition coefficient (Wildman–Crippen LogP) is 1.72. The van der Waals surface area contributed by atoms with Gasteiger partial charge in [-0.25, -0.2) is 4.79 Å². The summed E-state index contributed by atoms with van der Waals surface area (Å²) in [5, 5.41) is 0. The van der Waals surface area contributed by atoms with Crippen LogP contribution in [0, 0.1) is 6.92 Å². The molecule has 0 saturated heterocycles. The van der Waals surface area contributed by atoms with Crippen LogP contribution in [0.5, 0.6) is 0 Å². The molecule has 15 heavy (non-hydrogen) atoms. The summed E-state index contributed by atoms with van der Waals surface area (Å²) in [5.74, 6) is -0.449. The first-order valence-corrected chi connectivity index (χ1v) is 5.39. The topological polar surface area (TPSA) is 65.2 Å². The Bertz CT molecular complexity index is 368. The number of esters is 1. The van der Waals surface area contributed by atoms with Gasteiger partial charge in [-0.2, -0.15) is 0 Å². The average molecular weight is 273 g/mol. The number of aryl methyl sites for hydroxylation is 1. The molecular formula is C10H13BrN2O2. The van der Waals surface area contributed by atoms with Gasteiger partial charge in [0.1, 0.15) is 6.04 Å². The van der Waals surface area contributed by atoms with Crippen LogP contribution in [0.3, 0.4) is 0 Å².